The van der Waals surface area contributed by atoms with E-state index in [0.717, 1.165) is 23.8 Å². The van der Waals surface area contributed by atoms with Gasteiger partial charge >= 0.3 is 0 Å². The third-order valence-electron chi connectivity index (χ3n) is 2.93. The van der Waals surface area contributed by atoms with Gasteiger partial charge in [-0.3, -0.25) is 0 Å². The molecule has 6 heteroatoms. The molecule has 3 rings (SSSR count). The molecule has 1 aliphatic carbocycles. The number of rotatable bonds is 5. The van der Waals surface area contributed by atoms with Crippen molar-refractivity contribution in [1.29, 1.82) is 0 Å². The van der Waals surface area contributed by atoms with E-state index >= 15 is 0 Å². The summed E-state index contributed by atoms with van der Waals surface area (Å²) >= 11 is 0. The zero-order chi connectivity index (χ0) is 12.4. The van der Waals surface area contributed by atoms with E-state index in [2.05, 4.69) is 32.3 Å². The Bertz CT molecular complexity index is 535. The van der Waals surface area contributed by atoms with Gasteiger partial charge in [0.1, 0.15) is 12.1 Å². The minimum atomic E-state index is 0.500. The summed E-state index contributed by atoms with van der Waals surface area (Å²) < 4.78 is 5.18. The van der Waals surface area contributed by atoms with Crippen LogP contribution < -0.4 is 5.32 Å². The molecule has 0 radical (unpaired) electrons. The van der Waals surface area contributed by atoms with Crippen molar-refractivity contribution in [2.24, 2.45) is 0 Å². The molecule has 1 N–H and O–H groups in total. The number of hydrogen-bond donors (Lipinski definition) is 1. The Morgan fingerprint density at radius 1 is 1.39 bits per heavy atom. The van der Waals surface area contributed by atoms with Crippen molar-refractivity contribution in [2.75, 3.05) is 5.32 Å². The summed E-state index contributed by atoms with van der Waals surface area (Å²) in [4.78, 5) is 12.6. The predicted molar refractivity (Wildman–Crippen MR) is 65.0 cm³/mol. The molecule has 2 aromatic heterocycles. The van der Waals surface area contributed by atoms with Crippen molar-refractivity contribution in [2.45, 2.75) is 38.6 Å². The van der Waals surface area contributed by atoms with E-state index < -0.39 is 0 Å². The second-order valence-electron chi connectivity index (χ2n) is 4.42. The number of anilines is 1. The zero-order valence-electron chi connectivity index (χ0n) is 10.3. The van der Waals surface area contributed by atoms with Gasteiger partial charge in [-0.15, -0.1) is 0 Å². The van der Waals surface area contributed by atoms with Gasteiger partial charge in [0.15, 0.2) is 5.82 Å². The SMILES string of the molecule is CCc1cc(NCc2nc(C3CC3)no2)ncn1. The van der Waals surface area contributed by atoms with Gasteiger partial charge in [0.05, 0.1) is 6.54 Å². The summed E-state index contributed by atoms with van der Waals surface area (Å²) in [6, 6.07) is 1.93. The van der Waals surface area contributed by atoms with Gasteiger partial charge in [-0.2, -0.15) is 4.98 Å². The minimum Gasteiger partial charge on any atom is -0.361 e. The van der Waals surface area contributed by atoms with Crippen molar-refractivity contribution in [3.05, 3.63) is 29.8 Å². The van der Waals surface area contributed by atoms with Gasteiger partial charge in [-0.05, 0) is 19.3 Å². The first-order valence-corrected chi connectivity index (χ1v) is 6.22. The molecule has 0 aromatic carbocycles. The van der Waals surface area contributed by atoms with Crippen LogP contribution in [0.3, 0.4) is 0 Å². The predicted octanol–water partition coefficient (Wildman–Crippen LogP) is 1.91. The fourth-order valence-corrected chi connectivity index (χ4v) is 1.70. The van der Waals surface area contributed by atoms with Crippen molar-refractivity contribution in [1.82, 2.24) is 20.1 Å². The van der Waals surface area contributed by atoms with Crippen LogP contribution in [0.15, 0.2) is 16.9 Å². The maximum atomic E-state index is 5.18. The Morgan fingerprint density at radius 3 is 3.06 bits per heavy atom. The lowest BCUT2D eigenvalue weighted by Gasteiger charge is -2.02. The van der Waals surface area contributed by atoms with Crippen LogP contribution in [-0.4, -0.2) is 20.1 Å². The molecule has 18 heavy (non-hydrogen) atoms. The van der Waals surface area contributed by atoms with Gasteiger partial charge in [0.2, 0.25) is 5.89 Å². The monoisotopic (exact) mass is 245 g/mol. The second-order valence-corrected chi connectivity index (χ2v) is 4.42. The van der Waals surface area contributed by atoms with E-state index in [1.54, 1.807) is 6.33 Å². The first-order valence-electron chi connectivity index (χ1n) is 6.22. The van der Waals surface area contributed by atoms with E-state index in [0.29, 0.717) is 18.4 Å². The number of hydrogen-bond acceptors (Lipinski definition) is 6. The molecule has 1 saturated carbocycles. The van der Waals surface area contributed by atoms with E-state index in [4.69, 9.17) is 4.52 Å². The number of aryl methyl sites for hydroxylation is 1. The summed E-state index contributed by atoms with van der Waals surface area (Å²) in [5, 5.41) is 7.13. The fourth-order valence-electron chi connectivity index (χ4n) is 1.70. The Morgan fingerprint density at radius 2 is 2.28 bits per heavy atom. The highest BCUT2D eigenvalue weighted by molar-refractivity contribution is 5.34. The zero-order valence-corrected chi connectivity index (χ0v) is 10.3. The maximum Gasteiger partial charge on any atom is 0.245 e. The highest BCUT2D eigenvalue weighted by Crippen LogP contribution is 2.38. The minimum absolute atomic E-state index is 0.500. The highest BCUT2D eigenvalue weighted by Gasteiger charge is 2.28. The maximum absolute atomic E-state index is 5.18. The van der Waals surface area contributed by atoms with Crippen molar-refractivity contribution in [3.8, 4) is 0 Å². The molecule has 2 heterocycles. The second kappa shape index (κ2) is 4.72. The summed E-state index contributed by atoms with van der Waals surface area (Å²) in [5.74, 6) is 2.75. The molecule has 2 aromatic rings. The Balaban J connectivity index is 1.61. The van der Waals surface area contributed by atoms with Crippen molar-refractivity contribution >= 4 is 5.82 Å². The topological polar surface area (TPSA) is 76.7 Å². The number of nitrogens with zero attached hydrogens (tertiary/aromatic N) is 4. The average Bonchev–Trinajstić information content (AvgIpc) is 3.16. The summed E-state index contributed by atoms with van der Waals surface area (Å²) in [5.41, 5.74) is 1.01. The first kappa shape index (κ1) is 11.1. The molecule has 0 bridgehead atoms. The van der Waals surface area contributed by atoms with E-state index in [9.17, 15) is 0 Å². The number of nitrogens with one attached hydrogen (secondary N) is 1. The van der Waals surface area contributed by atoms with Crippen molar-refractivity contribution < 1.29 is 4.52 Å². The lowest BCUT2D eigenvalue weighted by Crippen LogP contribution is -2.03. The molecular weight excluding hydrogens is 230 g/mol. The molecule has 1 aliphatic rings. The van der Waals surface area contributed by atoms with Crippen LogP contribution in [0.1, 0.15) is 43.1 Å². The van der Waals surface area contributed by atoms with Crippen molar-refractivity contribution in [3.63, 3.8) is 0 Å². The van der Waals surface area contributed by atoms with Gasteiger partial charge in [0.25, 0.3) is 0 Å². The number of aromatic nitrogens is 4. The Kier molecular flexibility index (Phi) is 2.92. The molecule has 0 atom stereocenters. The molecule has 0 spiro atoms. The van der Waals surface area contributed by atoms with Crippen LogP contribution in [0.5, 0.6) is 0 Å². The van der Waals surface area contributed by atoms with Crippen LogP contribution in [0, 0.1) is 0 Å². The average molecular weight is 245 g/mol. The first-order chi connectivity index (χ1) is 8.85. The van der Waals surface area contributed by atoms with Crippen LogP contribution in [0.4, 0.5) is 5.82 Å². The van der Waals surface area contributed by atoms with Gasteiger partial charge in [0, 0.05) is 17.7 Å². The Labute approximate surface area is 105 Å². The highest BCUT2D eigenvalue weighted by atomic mass is 16.5. The molecule has 1 fully saturated rings. The molecule has 0 amide bonds. The third kappa shape index (κ3) is 2.47. The largest absolute Gasteiger partial charge is 0.361 e. The standard InChI is InChI=1S/C12H15N5O/c1-2-9-5-10(15-7-14-9)13-6-11-16-12(17-18-11)8-3-4-8/h5,7-8H,2-4,6H2,1H3,(H,13,14,15). The lowest BCUT2D eigenvalue weighted by atomic mass is 10.3. The molecule has 0 unspecified atom stereocenters. The van der Waals surface area contributed by atoms with Crippen LogP contribution in [-0.2, 0) is 13.0 Å². The summed E-state index contributed by atoms with van der Waals surface area (Å²) in [6.07, 6.45) is 4.81. The molecule has 0 aliphatic heterocycles. The molecular formula is C12H15N5O. The Hall–Kier alpha value is -1.98. The lowest BCUT2D eigenvalue weighted by molar-refractivity contribution is 0.378. The third-order valence-corrected chi connectivity index (χ3v) is 2.93. The van der Waals surface area contributed by atoms with Crippen LogP contribution in [0.2, 0.25) is 0 Å². The molecule has 94 valence electrons. The normalized spacial score (nSPS) is 14.7. The van der Waals surface area contributed by atoms with Gasteiger partial charge in [-0.1, -0.05) is 12.1 Å². The van der Waals surface area contributed by atoms with Gasteiger partial charge in [-0.25, -0.2) is 9.97 Å². The molecule has 6 nitrogen and oxygen atoms in total. The smallest absolute Gasteiger partial charge is 0.245 e. The van der Waals surface area contributed by atoms with Gasteiger partial charge < -0.3 is 9.84 Å². The molecule has 0 saturated heterocycles. The summed E-state index contributed by atoms with van der Waals surface area (Å²) in [6.45, 7) is 2.56. The van der Waals surface area contributed by atoms with Crippen LogP contribution >= 0.6 is 0 Å². The fraction of sp³-hybridized carbons (Fsp3) is 0.500. The van der Waals surface area contributed by atoms with E-state index in [1.807, 2.05) is 6.07 Å². The van der Waals surface area contributed by atoms with E-state index in [1.165, 1.54) is 12.8 Å². The summed E-state index contributed by atoms with van der Waals surface area (Å²) in [7, 11) is 0. The quantitative estimate of drug-likeness (QED) is 0.867. The van der Waals surface area contributed by atoms with E-state index in [-0.39, 0.29) is 0 Å². The van der Waals surface area contributed by atoms with Crippen LogP contribution in [0.25, 0.3) is 0 Å².